The summed E-state index contributed by atoms with van der Waals surface area (Å²) < 4.78 is 33.8. The number of imidazole rings is 1. The highest BCUT2D eigenvalue weighted by molar-refractivity contribution is 6.33. The molecule has 6 rings (SSSR count). The van der Waals surface area contributed by atoms with E-state index >= 15 is 4.39 Å². The van der Waals surface area contributed by atoms with Crippen molar-refractivity contribution in [3.63, 3.8) is 0 Å². The quantitative estimate of drug-likeness (QED) is 0.458. The summed E-state index contributed by atoms with van der Waals surface area (Å²) in [6, 6.07) is 2.33. The molecule has 0 aliphatic carbocycles. The molecule has 2 aromatic heterocycles. The van der Waals surface area contributed by atoms with Crippen molar-refractivity contribution in [2.45, 2.75) is 70.7 Å². The van der Waals surface area contributed by atoms with E-state index in [9.17, 15) is 9.90 Å². The highest BCUT2D eigenvalue weighted by Gasteiger charge is 2.44. The van der Waals surface area contributed by atoms with E-state index in [-0.39, 0.29) is 53.2 Å². The summed E-state index contributed by atoms with van der Waals surface area (Å²) in [5.41, 5.74) is 1.36. The van der Waals surface area contributed by atoms with Crippen LogP contribution in [0.1, 0.15) is 40.2 Å². The number of halogens is 2. The smallest absolute Gasteiger partial charge is 0.417 e. The molecule has 5 heterocycles. The number of carbonyl (C=O) groups is 1. The van der Waals surface area contributed by atoms with Gasteiger partial charge in [0.15, 0.2) is 12.1 Å². The highest BCUT2D eigenvalue weighted by atomic mass is 35.5. The molecule has 11 nitrogen and oxygen atoms in total. The van der Waals surface area contributed by atoms with Gasteiger partial charge in [0, 0.05) is 11.6 Å². The van der Waals surface area contributed by atoms with Crippen LogP contribution in [-0.4, -0.2) is 74.5 Å². The maximum Gasteiger partial charge on any atom is 0.417 e. The number of cyclic esters (lactones) is 1. The summed E-state index contributed by atoms with van der Waals surface area (Å²) in [6.45, 7) is 8.55. The minimum atomic E-state index is -0.897. The second-order valence-corrected chi connectivity index (χ2v) is 11.2. The van der Waals surface area contributed by atoms with Crippen LogP contribution in [0.2, 0.25) is 5.02 Å². The minimum Gasteiger partial charge on any atom is -0.447 e. The molecule has 2 bridgehead atoms. The van der Waals surface area contributed by atoms with Crippen molar-refractivity contribution < 1.29 is 28.5 Å². The molecule has 0 spiro atoms. The van der Waals surface area contributed by atoms with Gasteiger partial charge in [-0.3, -0.25) is 0 Å². The molecule has 3 saturated heterocycles. The Kier molecular flexibility index (Phi) is 6.61. The zero-order valence-corrected chi connectivity index (χ0v) is 22.7. The van der Waals surface area contributed by atoms with E-state index in [0.29, 0.717) is 35.8 Å². The zero-order chi connectivity index (χ0) is 27.6. The Hall–Kier alpha value is -3.06. The van der Waals surface area contributed by atoms with Crippen molar-refractivity contribution in [1.29, 1.82) is 0 Å². The molecule has 0 saturated carbocycles. The number of ether oxygens (including phenoxy) is 3. The molecule has 0 unspecified atom stereocenters. The van der Waals surface area contributed by atoms with Crippen LogP contribution in [-0.2, 0) is 14.2 Å². The molecule has 3 aliphatic heterocycles. The van der Waals surface area contributed by atoms with Crippen LogP contribution in [0.15, 0.2) is 18.3 Å². The lowest BCUT2D eigenvalue weighted by molar-refractivity contribution is -0.156. The van der Waals surface area contributed by atoms with E-state index in [0.717, 1.165) is 0 Å². The predicted octanol–water partition coefficient (Wildman–Crippen LogP) is 4.13. The predicted molar refractivity (Wildman–Crippen MR) is 141 cm³/mol. The summed E-state index contributed by atoms with van der Waals surface area (Å²) in [7, 11) is 0. The van der Waals surface area contributed by atoms with Crippen LogP contribution in [0.5, 0.6) is 0 Å². The number of nitrogens with one attached hydrogen (secondary N) is 1. The minimum absolute atomic E-state index is 0.110. The van der Waals surface area contributed by atoms with Crippen LogP contribution in [0.3, 0.4) is 0 Å². The zero-order valence-electron chi connectivity index (χ0n) is 22.0. The average Bonchev–Trinajstić information content (AvgIpc) is 3.58. The van der Waals surface area contributed by atoms with Gasteiger partial charge in [0.1, 0.15) is 18.2 Å². The number of aliphatic hydroxyl groups excluding tert-OH is 1. The number of amides is 1. The topological polar surface area (TPSA) is 124 Å². The molecule has 2 N–H and O–H groups in total. The first kappa shape index (κ1) is 26.2. The number of hydrogen-bond donors (Lipinski definition) is 2. The lowest BCUT2D eigenvalue weighted by Crippen LogP contribution is -2.48. The number of rotatable bonds is 6. The molecule has 3 fully saturated rings. The second-order valence-electron chi connectivity index (χ2n) is 10.8. The molecule has 1 amide bonds. The van der Waals surface area contributed by atoms with E-state index in [2.05, 4.69) is 20.3 Å². The third-order valence-corrected chi connectivity index (χ3v) is 7.73. The normalized spacial score (nSPS) is 26.7. The number of carbonyl (C=O) groups excluding carboxylic acids is 1. The fraction of sp³-hybridized carbons (Fsp3) is 0.538. The van der Waals surface area contributed by atoms with E-state index < -0.39 is 24.3 Å². The molecule has 1 aromatic carbocycles. The first-order chi connectivity index (χ1) is 18.6. The van der Waals surface area contributed by atoms with Crippen molar-refractivity contribution in [2.24, 2.45) is 5.92 Å². The van der Waals surface area contributed by atoms with Gasteiger partial charge in [-0.1, -0.05) is 25.4 Å². The van der Waals surface area contributed by atoms with Gasteiger partial charge in [-0.05, 0) is 38.3 Å². The first-order valence-corrected chi connectivity index (χ1v) is 13.4. The van der Waals surface area contributed by atoms with Gasteiger partial charge >= 0.3 is 6.09 Å². The maximum atomic E-state index is 15.6. The number of aromatic nitrogens is 4. The standard InChI is InChI=1S/C26H30ClFN6O5/c1-11(2)19-10-38-26(36)34(19)25-32-21-16(28)5-13(6-18(21)33(25)12(3)4)20-15(27)8-29-24(31-20)30-17-7-14-9-37-23(39-14)22(17)35/h5-6,8,11-12,14,17,19,22-23,35H,7,9-10H2,1-4H3,(H,29,30,31)/t14-,17+,19-,22-,23+/m0/s1. The molecular weight excluding hydrogens is 531 g/mol. The van der Waals surface area contributed by atoms with Gasteiger partial charge in [-0.25, -0.2) is 29.0 Å². The Labute approximate surface area is 229 Å². The van der Waals surface area contributed by atoms with Crippen molar-refractivity contribution in [3.8, 4) is 11.3 Å². The van der Waals surface area contributed by atoms with Crippen molar-refractivity contribution in [1.82, 2.24) is 19.5 Å². The van der Waals surface area contributed by atoms with E-state index in [1.165, 1.54) is 17.2 Å². The second kappa shape index (κ2) is 9.84. The van der Waals surface area contributed by atoms with Gasteiger partial charge in [-0.2, -0.15) is 0 Å². The molecule has 208 valence electrons. The summed E-state index contributed by atoms with van der Waals surface area (Å²) >= 11 is 6.49. The Bertz CT molecular complexity index is 1430. The number of nitrogens with zero attached hydrogens (tertiary/aromatic N) is 5. The lowest BCUT2D eigenvalue weighted by Gasteiger charge is -2.32. The van der Waals surface area contributed by atoms with Crippen molar-refractivity contribution in [3.05, 3.63) is 29.2 Å². The SMILES string of the molecule is CC(C)[C@@H]1COC(=O)N1c1nc2c(F)cc(-c3nc(N[C@@H]4C[C@H]5CO[C@H](O5)[C@H]4O)ncc3Cl)cc2n1C(C)C. The third-order valence-electron chi connectivity index (χ3n) is 7.45. The fourth-order valence-electron chi connectivity index (χ4n) is 5.45. The Balaban J connectivity index is 1.40. The molecular formula is C26H30ClFN6O5. The Morgan fingerprint density at radius 1 is 1.21 bits per heavy atom. The summed E-state index contributed by atoms with van der Waals surface area (Å²) in [4.78, 5) is 27.6. The van der Waals surface area contributed by atoms with Crippen LogP contribution < -0.4 is 10.2 Å². The summed E-state index contributed by atoms with van der Waals surface area (Å²) in [6.07, 6.45) is -0.261. The molecule has 0 radical (unpaired) electrons. The highest BCUT2D eigenvalue weighted by Crippen LogP contribution is 2.37. The van der Waals surface area contributed by atoms with E-state index in [4.69, 9.17) is 25.8 Å². The largest absolute Gasteiger partial charge is 0.447 e. The van der Waals surface area contributed by atoms with E-state index in [1.54, 1.807) is 6.07 Å². The molecule has 3 aromatic rings. The molecule has 3 aliphatic rings. The van der Waals surface area contributed by atoms with Crippen LogP contribution in [0.25, 0.3) is 22.3 Å². The van der Waals surface area contributed by atoms with Gasteiger partial charge in [0.05, 0.1) is 47.2 Å². The Morgan fingerprint density at radius 3 is 2.74 bits per heavy atom. The third kappa shape index (κ3) is 4.48. The molecule has 5 atom stereocenters. The van der Waals surface area contributed by atoms with Crippen molar-refractivity contribution >= 4 is 40.6 Å². The van der Waals surface area contributed by atoms with Crippen LogP contribution in [0.4, 0.5) is 21.1 Å². The number of hydrogen-bond acceptors (Lipinski definition) is 9. The average molecular weight is 561 g/mol. The van der Waals surface area contributed by atoms with Gasteiger partial charge < -0.3 is 29.2 Å². The summed E-state index contributed by atoms with van der Waals surface area (Å²) in [5.74, 6) is 0.102. The number of benzene rings is 1. The van der Waals surface area contributed by atoms with Crippen LogP contribution >= 0.6 is 11.6 Å². The molecule has 39 heavy (non-hydrogen) atoms. The number of anilines is 2. The monoisotopic (exact) mass is 560 g/mol. The van der Waals surface area contributed by atoms with Crippen molar-refractivity contribution in [2.75, 3.05) is 23.4 Å². The fourth-order valence-corrected chi connectivity index (χ4v) is 5.65. The maximum absolute atomic E-state index is 15.6. The lowest BCUT2D eigenvalue weighted by atomic mass is 10.0. The van der Waals surface area contributed by atoms with Gasteiger partial charge in [0.2, 0.25) is 11.9 Å². The summed E-state index contributed by atoms with van der Waals surface area (Å²) in [5, 5.41) is 14.0. The molecule has 13 heteroatoms. The van der Waals surface area contributed by atoms with Gasteiger partial charge in [0.25, 0.3) is 0 Å². The Morgan fingerprint density at radius 2 is 2.00 bits per heavy atom. The number of fused-ring (bicyclic) bond motifs is 3. The number of aliphatic hydroxyl groups is 1. The van der Waals surface area contributed by atoms with E-state index in [1.807, 2.05) is 32.3 Å². The van der Waals surface area contributed by atoms with Crippen LogP contribution in [0, 0.1) is 11.7 Å². The van der Waals surface area contributed by atoms with Gasteiger partial charge in [-0.15, -0.1) is 0 Å². The first-order valence-electron chi connectivity index (χ1n) is 13.0.